The van der Waals surface area contributed by atoms with Crippen LogP contribution in [0.3, 0.4) is 0 Å². The summed E-state index contributed by atoms with van der Waals surface area (Å²) in [6, 6.07) is 9.50. The Morgan fingerprint density at radius 1 is 1.47 bits per heavy atom. The maximum atomic E-state index is 8.70. The summed E-state index contributed by atoms with van der Waals surface area (Å²) >= 11 is 0. The minimum Gasteiger partial charge on any atom is -0.382 e. The maximum Gasteiger partial charge on any atom is 0.110 e. The van der Waals surface area contributed by atoms with Gasteiger partial charge in [0.1, 0.15) is 5.60 Å². The van der Waals surface area contributed by atoms with Crippen molar-refractivity contribution >= 4 is 5.69 Å². The second kappa shape index (κ2) is 5.17. The molecule has 1 unspecified atom stereocenters. The molecule has 4 heteroatoms. The number of methoxy groups -OCH3 is 1. The second-order valence-corrected chi connectivity index (χ2v) is 4.23. The minimum absolute atomic E-state index is 0.214. The number of anilines is 1. The summed E-state index contributed by atoms with van der Waals surface area (Å²) in [7, 11) is 1.72. The smallest absolute Gasteiger partial charge is 0.110 e. The molecule has 1 saturated heterocycles. The van der Waals surface area contributed by atoms with Crippen molar-refractivity contribution in [3.8, 4) is 6.07 Å². The van der Waals surface area contributed by atoms with E-state index in [0.717, 1.165) is 25.3 Å². The molecule has 0 radical (unpaired) electrons. The molecule has 4 nitrogen and oxygen atoms in total. The number of nitriles is 1. The Bertz CT molecular complexity index is 402. The average Bonchev–Trinajstić information content (AvgIpc) is 2.86. The highest BCUT2D eigenvalue weighted by molar-refractivity contribution is 5.47. The molecule has 1 N–H and O–H groups in total. The fourth-order valence-corrected chi connectivity index (χ4v) is 1.89. The molecule has 0 bridgehead atoms. The van der Waals surface area contributed by atoms with E-state index >= 15 is 0 Å². The number of rotatable bonds is 4. The van der Waals surface area contributed by atoms with Crippen LogP contribution in [0.1, 0.15) is 12.0 Å². The van der Waals surface area contributed by atoms with Crippen LogP contribution in [0, 0.1) is 11.3 Å². The van der Waals surface area contributed by atoms with Crippen LogP contribution in [0.2, 0.25) is 0 Å². The van der Waals surface area contributed by atoms with Crippen LogP contribution >= 0.6 is 0 Å². The summed E-state index contributed by atoms with van der Waals surface area (Å²) < 4.78 is 10.9. The van der Waals surface area contributed by atoms with Gasteiger partial charge < -0.3 is 14.8 Å². The summed E-state index contributed by atoms with van der Waals surface area (Å²) in [4.78, 5) is 0. The van der Waals surface area contributed by atoms with Gasteiger partial charge in [-0.1, -0.05) is 0 Å². The van der Waals surface area contributed by atoms with Crippen molar-refractivity contribution in [2.24, 2.45) is 0 Å². The first-order chi connectivity index (χ1) is 8.28. The Hall–Kier alpha value is -1.57. The first-order valence-corrected chi connectivity index (χ1v) is 5.65. The van der Waals surface area contributed by atoms with Crippen molar-refractivity contribution in [1.29, 1.82) is 5.26 Å². The monoisotopic (exact) mass is 232 g/mol. The zero-order valence-corrected chi connectivity index (χ0v) is 9.90. The third-order valence-electron chi connectivity index (χ3n) is 3.13. The van der Waals surface area contributed by atoms with E-state index in [0.29, 0.717) is 12.2 Å². The molecule has 1 atom stereocenters. The number of ether oxygens (including phenoxy) is 2. The first-order valence-electron chi connectivity index (χ1n) is 5.65. The summed E-state index contributed by atoms with van der Waals surface area (Å²) in [6.45, 7) is 2.10. The Labute approximate surface area is 101 Å². The third-order valence-corrected chi connectivity index (χ3v) is 3.13. The lowest BCUT2D eigenvalue weighted by atomic mass is 10.0. The van der Waals surface area contributed by atoms with Crippen LogP contribution in [0.15, 0.2) is 24.3 Å². The molecule has 2 rings (SSSR count). The van der Waals surface area contributed by atoms with E-state index in [9.17, 15) is 0 Å². The van der Waals surface area contributed by atoms with Gasteiger partial charge in [0, 0.05) is 32.4 Å². The number of nitrogens with zero attached hydrogens (tertiary/aromatic N) is 1. The summed E-state index contributed by atoms with van der Waals surface area (Å²) in [5.74, 6) is 0. The van der Waals surface area contributed by atoms with Gasteiger partial charge in [-0.25, -0.2) is 0 Å². The number of benzene rings is 1. The fraction of sp³-hybridized carbons (Fsp3) is 0.462. The van der Waals surface area contributed by atoms with Gasteiger partial charge in [0.2, 0.25) is 0 Å². The highest BCUT2D eigenvalue weighted by atomic mass is 16.5. The molecule has 1 heterocycles. The van der Waals surface area contributed by atoms with Crippen molar-refractivity contribution in [1.82, 2.24) is 0 Å². The maximum absolute atomic E-state index is 8.70. The van der Waals surface area contributed by atoms with E-state index in [4.69, 9.17) is 14.7 Å². The predicted octanol–water partition coefficient (Wildman–Crippen LogP) is 1.78. The zero-order chi connectivity index (χ0) is 12.1. The molecule has 0 aromatic heterocycles. The van der Waals surface area contributed by atoms with Crippen molar-refractivity contribution in [2.45, 2.75) is 12.0 Å². The van der Waals surface area contributed by atoms with Crippen molar-refractivity contribution in [2.75, 3.05) is 32.2 Å². The van der Waals surface area contributed by atoms with E-state index in [1.807, 2.05) is 12.1 Å². The quantitative estimate of drug-likeness (QED) is 0.859. The zero-order valence-electron chi connectivity index (χ0n) is 9.90. The molecule has 1 aliphatic rings. The van der Waals surface area contributed by atoms with E-state index in [1.54, 1.807) is 19.2 Å². The highest BCUT2D eigenvalue weighted by Gasteiger charge is 2.34. The molecular weight excluding hydrogens is 216 g/mol. The molecule has 1 fully saturated rings. The first kappa shape index (κ1) is 11.9. The Kier molecular flexibility index (Phi) is 3.62. The second-order valence-electron chi connectivity index (χ2n) is 4.23. The van der Waals surface area contributed by atoms with Gasteiger partial charge in [-0.2, -0.15) is 5.26 Å². The van der Waals surface area contributed by atoms with Crippen LogP contribution in [-0.4, -0.2) is 32.5 Å². The third kappa shape index (κ3) is 2.76. The molecule has 0 spiro atoms. The highest BCUT2D eigenvalue weighted by Crippen LogP contribution is 2.23. The van der Waals surface area contributed by atoms with Gasteiger partial charge in [-0.3, -0.25) is 0 Å². The lowest BCUT2D eigenvalue weighted by Gasteiger charge is -2.26. The summed E-state index contributed by atoms with van der Waals surface area (Å²) in [6.07, 6.45) is 0.910. The topological polar surface area (TPSA) is 54.3 Å². The summed E-state index contributed by atoms with van der Waals surface area (Å²) in [5, 5.41) is 12.0. The molecule has 17 heavy (non-hydrogen) atoms. The standard InChI is InChI=1S/C13H16N2O2/c1-16-13(6-7-17-10-13)9-15-12-4-2-11(8-14)3-5-12/h2-5,15H,6-7,9-10H2,1H3. The van der Waals surface area contributed by atoms with E-state index < -0.39 is 0 Å². The normalized spacial score (nSPS) is 23.3. The molecule has 1 aliphatic heterocycles. The van der Waals surface area contributed by atoms with Gasteiger partial charge in [0.05, 0.1) is 18.2 Å². The van der Waals surface area contributed by atoms with Crippen LogP contribution in [-0.2, 0) is 9.47 Å². The molecule has 1 aromatic carbocycles. The molecule has 90 valence electrons. The Balaban J connectivity index is 1.94. The molecule has 0 saturated carbocycles. The lowest BCUT2D eigenvalue weighted by Crippen LogP contribution is -2.39. The van der Waals surface area contributed by atoms with Gasteiger partial charge in [0.25, 0.3) is 0 Å². The molecule has 0 aliphatic carbocycles. The van der Waals surface area contributed by atoms with E-state index in [1.165, 1.54) is 0 Å². The molecular formula is C13H16N2O2. The largest absolute Gasteiger partial charge is 0.382 e. The van der Waals surface area contributed by atoms with Crippen LogP contribution in [0.4, 0.5) is 5.69 Å². The van der Waals surface area contributed by atoms with Crippen LogP contribution in [0.5, 0.6) is 0 Å². The van der Waals surface area contributed by atoms with Crippen molar-refractivity contribution in [3.63, 3.8) is 0 Å². The van der Waals surface area contributed by atoms with Gasteiger partial charge in [-0.15, -0.1) is 0 Å². The van der Waals surface area contributed by atoms with Gasteiger partial charge >= 0.3 is 0 Å². The summed E-state index contributed by atoms with van der Waals surface area (Å²) in [5.41, 5.74) is 1.45. The number of hydrogen-bond acceptors (Lipinski definition) is 4. The molecule has 0 amide bonds. The lowest BCUT2D eigenvalue weighted by molar-refractivity contribution is -0.00619. The Morgan fingerprint density at radius 3 is 2.76 bits per heavy atom. The predicted molar refractivity (Wildman–Crippen MR) is 64.8 cm³/mol. The number of hydrogen-bond donors (Lipinski definition) is 1. The SMILES string of the molecule is COC1(CNc2ccc(C#N)cc2)CCOC1. The van der Waals surface area contributed by atoms with E-state index in [2.05, 4.69) is 11.4 Å². The minimum atomic E-state index is -0.214. The fourth-order valence-electron chi connectivity index (χ4n) is 1.89. The Morgan fingerprint density at radius 2 is 2.24 bits per heavy atom. The number of nitrogens with one attached hydrogen (secondary N) is 1. The van der Waals surface area contributed by atoms with Crippen LogP contribution < -0.4 is 5.32 Å². The van der Waals surface area contributed by atoms with Crippen molar-refractivity contribution in [3.05, 3.63) is 29.8 Å². The van der Waals surface area contributed by atoms with E-state index in [-0.39, 0.29) is 5.60 Å². The van der Waals surface area contributed by atoms with Gasteiger partial charge in [-0.05, 0) is 24.3 Å². The average molecular weight is 232 g/mol. The van der Waals surface area contributed by atoms with Gasteiger partial charge in [0.15, 0.2) is 0 Å². The molecule has 1 aromatic rings. The van der Waals surface area contributed by atoms with Crippen molar-refractivity contribution < 1.29 is 9.47 Å². The van der Waals surface area contributed by atoms with Crippen LogP contribution in [0.25, 0.3) is 0 Å².